The van der Waals surface area contributed by atoms with E-state index in [1.54, 1.807) is 6.20 Å². The second-order valence-electron chi connectivity index (χ2n) is 9.16. The number of halogens is 1. The van der Waals surface area contributed by atoms with Gasteiger partial charge in [-0.15, -0.1) is 0 Å². The van der Waals surface area contributed by atoms with Crippen molar-refractivity contribution in [1.29, 1.82) is 0 Å². The predicted octanol–water partition coefficient (Wildman–Crippen LogP) is 3.80. The van der Waals surface area contributed by atoms with E-state index >= 15 is 0 Å². The first-order valence-corrected chi connectivity index (χ1v) is 9.47. The van der Waals surface area contributed by atoms with Gasteiger partial charge in [-0.1, -0.05) is 13.8 Å². The number of aryl methyl sites for hydroxylation is 1. The molecule has 126 valence electrons. The fourth-order valence-corrected chi connectivity index (χ4v) is 7.18. The molecule has 4 aliphatic rings. The number of nitrogens with zero attached hydrogens (tertiary/aromatic N) is 2. The van der Waals surface area contributed by atoms with Crippen LogP contribution in [0, 0.1) is 22.2 Å². The molecule has 1 aromatic heterocycles. The maximum Gasteiger partial charge on any atom is 0.226 e. The van der Waals surface area contributed by atoms with Crippen LogP contribution in [0.25, 0.3) is 0 Å². The molecule has 23 heavy (non-hydrogen) atoms. The van der Waals surface area contributed by atoms with Gasteiger partial charge in [0.15, 0.2) is 0 Å². The molecule has 1 heterocycles. The first-order valence-electron chi connectivity index (χ1n) is 8.67. The van der Waals surface area contributed by atoms with Gasteiger partial charge in [0.2, 0.25) is 5.91 Å². The van der Waals surface area contributed by atoms with Crippen LogP contribution in [0.3, 0.4) is 0 Å². The maximum absolute atomic E-state index is 13.1. The van der Waals surface area contributed by atoms with Crippen molar-refractivity contribution in [3.63, 3.8) is 0 Å². The Kier molecular flexibility index (Phi) is 3.30. The summed E-state index contributed by atoms with van der Waals surface area (Å²) in [6.45, 7) is 5.38. The van der Waals surface area contributed by atoms with Crippen LogP contribution < -0.4 is 5.32 Å². The molecule has 0 radical (unpaired) electrons. The quantitative estimate of drug-likeness (QED) is 0.867. The number of nitrogens with one attached hydrogen (secondary N) is 1. The Labute approximate surface area is 146 Å². The van der Waals surface area contributed by atoms with Gasteiger partial charge in [-0.2, -0.15) is 5.10 Å². The van der Waals surface area contributed by atoms with Crippen LogP contribution in [-0.2, 0) is 18.4 Å². The normalized spacial score (nSPS) is 41.3. The van der Waals surface area contributed by atoms with Crippen molar-refractivity contribution in [3.8, 4) is 0 Å². The fourth-order valence-electron chi connectivity index (χ4n) is 6.69. The minimum atomic E-state index is -0.131. The second-order valence-corrected chi connectivity index (χ2v) is 10.0. The van der Waals surface area contributed by atoms with Gasteiger partial charge >= 0.3 is 0 Å². The molecule has 4 bridgehead atoms. The number of carbonyl (C=O) groups excluding carboxylic acids is 1. The molecular weight excluding hydrogens is 354 g/mol. The van der Waals surface area contributed by atoms with E-state index in [9.17, 15) is 4.79 Å². The van der Waals surface area contributed by atoms with Crippen LogP contribution in [0.1, 0.15) is 58.1 Å². The molecule has 1 amide bonds. The zero-order valence-corrected chi connectivity index (χ0v) is 15.9. The van der Waals surface area contributed by atoms with E-state index in [1.807, 2.05) is 11.7 Å². The summed E-state index contributed by atoms with van der Waals surface area (Å²) in [6, 6.07) is 0. The lowest BCUT2D eigenvalue weighted by molar-refractivity contribution is -0.170. The molecule has 5 heteroatoms. The standard InChI is InChI=1S/C18H26BrN3O/c1-16-4-12-5-17(2,9-16)11-18(6-12,10-16)15(23)20-8-14-13(19)7-21-22(14)3/h7,12H,4-6,8-11H2,1-3H3,(H,20,23)/t12?,16-,17-,18?/m1/s1. The average molecular weight is 380 g/mol. The predicted molar refractivity (Wildman–Crippen MR) is 92.6 cm³/mol. The van der Waals surface area contributed by atoms with Gasteiger partial charge in [-0.05, 0) is 71.2 Å². The summed E-state index contributed by atoms with van der Waals surface area (Å²) in [4.78, 5) is 13.1. The monoisotopic (exact) mass is 379 g/mol. The first kappa shape index (κ1) is 15.7. The molecule has 0 unspecified atom stereocenters. The van der Waals surface area contributed by atoms with Crippen LogP contribution in [0.5, 0.6) is 0 Å². The molecular formula is C18H26BrN3O. The fraction of sp³-hybridized carbons (Fsp3) is 0.778. The number of amides is 1. The molecule has 0 aliphatic heterocycles. The van der Waals surface area contributed by atoms with E-state index < -0.39 is 0 Å². The van der Waals surface area contributed by atoms with Crippen LogP contribution >= 0.6 is 15.9 Å². The van der Waals surface area contributed by atoms with Gasteiger partial charge in [0.1, 0.15) is 0 Å². The van der Waals surface area contributed by atoms with E-state index in [-0.39, 0.29) is 11.3 Å². The highest BCUT2D eigenvalue weighted by molar-refractivity contribution is 9.10. The molecule has 4 nitrogen and oxygen atoms in total. The summed E-state index contributed by atoms with van der Waals surface area (Å²) in [5, 5.41) is 7.46. The lowest BCUT2D eigenvalue weighted by Gasteiger charge is -2.64. The van der Waals surface area contributed by atoms with Crippen LogP contribution in [0.15, 0.2) is 10.7 Å². The molecule has 0 aromatic carbocycles. The third-order valence-corrected chi connectivity index (χ3v) is 7.20. The Balaban J connectivity index is 1.54. The lowest BCUT2D eigenvalue weighted by atomic mass is 9.40. The largest absolute Gasteiger partial charge is 0.350 e. The van der Waals surface area contributed by atoms with Gasteiger partial charge in [-0.3, -0.25) is 9.48 Å². The van der Waals surface area contributed by atoms with Crippen molar-refractivity contribution in [2.45, 2.75) is 58.9 Å². The minimum absolute atomic E-state index is 0.131. The van der Waals surface area contributed by atoms with Crippen molar-refractivity contribution in [2.75, 3.05) is 0 Å². The second kappa shape index (κ2) is 4.84. The Morgan fingerprint density at radius 2 is 1.96 bits per heavy atom. The minimum Gasteiger partial charge on any atom is -0.350 e. The molecule has 4 aliphatic carbocycles. The van der Waals surface area contributed by atoms with E-state index in [4.69, 9.17) is 0 Å². The topological polar surface area (TPSA) is 46.9 Å². The SMILES string of the molecule is Cn1ncc(Br)c1CNC(=O)C12CC3C[C@@](C)(C1)C[C@@](C)(C3)C2. The summed E-state index contributed by atoms with van der Waals surface area (Å²) >= 11 is 3.51. The molecule has 2 atom stereocenters. The average Bonchev–Trinajstić information content (AvgIpc) is 2.71. The molecule has 4 fully saturated rings. The number of carbonyl (C=O) groups is 1. The van der Waals surface area contributed by atoms with Gasteiger partial charge in [0, 0.05) is 7.05 Å². The molecule has 5 rings (SSSR count). The summed E-state index contributed by atoms with van der Waals surface area (Å²) < 4.78 is 2.79. The summed E-state index contributed by atoms with van der Waals surface area (Å²) in [7, 11) is 1.92. The number of aromatic nitrogens is 2. The van der Waals surface area contributed by atoms with Gasteiger partial charge in [0.05, 0.1) is 28.3 Å². The Bertz CT molecular complexity index is 630. The maximum atomic E-state index is 13.1. The number of hydrogen-bond donors (Lipinski definition) is 1. The summed E-state index contributed by atoms with van der Waals surface area (Å²) in [5.41, 5.74) is 1.64. The zero-order chi connectivity index (χ0) is 16.5. The number of hydrogen-bond acceptors (Lipinski definition) is 2. The lowest BCUT2D eigenvalue weighted by Crippen LogP contribution is -2.59. The van der Waals surface area contributed by atoms with Gasteiger partial charge < -0.3 is 5.32 Å². The molecule has 4 saturated carbocycles. The first-order chi connectivity index (χ1) is 10.7. The molecule has 1 N–H and O–H groups in total. The molecule has 1 aromatic rings. The van der Waals surface area contributed by atoms with Gasteiger partial charge in [0.25, 0.3) is 0 Å². The van der Waals surface area contributed by atoms with Crippen molar-refractivity contribution >= 4 is 21.8 Å². The molecule has 0 spiro atoms. The van der Waals surface area contributed by atoms with Crippen molar-refractivity contribution in [3.05, 3.63) is 16.4 Å². The van der Waals surface area contributed by atoms with E-state index in [0.29, 0.717) is 17.4 Å². The Hall–Kier alpha value is -0.840. The van der Waals surface area contributed by atoms with E-state index in [0.717, 1.165) is 35.3 Å². The third-order valence-electron chi connectivity index (χ3n) is 6.53. The summed E-state index contributed by atoms with van der Waals surface area (Å²) in [6.07, 6.45) is 8.98. The van der Waals surface area contributed by atoms with Crippen molar-refractivity contribution < 1.29 is 4.79 Å². The Morgan fingerprint density at radius 3 is 2.48 bits per heavy atom. The highest BCUT2D eigenvalue weighted by atomic mass is 79.9. The highest BCUT2D eigenvalue weighted by Crippen LogP contribution is 2.69. The zero-order valence-electron chi connectivity index (χ0n) is 14.3. The highest BCUT2D eigenvalue weighted by Gasteiger charge is 2.62. The third kappa shape index (κ3) is 2.46. The van der Waals surface area contributed by atoms with E-state index in [2.05, 4.69) is 40.2 Å². The van der Waals surface area contributed by atoms with E-state index in [1.165, 1.54) is 19.3 Å². The Morgan fingerprint density at radius 1 is 1.30 bits per heavy atom. The van der Waals surface area contributed by atoms with Crippen LogP contribution in [0.2, 0.25) is 0 Å². The summed E-state index contributed by atoms with van der Waals surface area (Å²) in [5.74, 6) is 1.02. The van der Waals surface area contributed by atoms with Crippen LogP contribution in [0.4, 0.5) is 0 Å². The number of rotatable bonds is 3. The van der Waals surface area contributed by atoms with Gasteiger partial charge in [-0.25, -0.2) is 0 Å². The van der Waals surface area contributed by atoms with Crippen molar-refractivity contribution in [1.82, 2.24) is 15.1 Å². The van der Waals surface area contributed by atoms with Crippen LogP contribution in [-0.4, -0.2) is 15.7 Å². The smallest absolute Gasteiger partial charge is 0.226 e. The van der Waals surface area contributed by atoms with Crippen molar-refractivity contribution in [2.24, 2.45) is 29.2 Å². The molecule has 0 saturated heterocycles.